The molecular formula is C21H18N2O2. The maximum atomic E-state index is 12.5. The predicted molar refractivity (Wildman–Crippen MR) is 99.1 cm³/mol. The third kappa shape index (κ3) is 2.51. The number of aliphatic hydroxyl groups is 1. The van der Waals surface area contributed by atoms with E-state index in [4.69, 9.17) is 0 Å². The number of amides is 1. The number of hydrogen-bond donors (Lipinski definition) is 1. The van der Waals surface area contributed by atoms with Crippen molar-refractivity contribution in [2.75, 3.05) is 11.9 Å². The van der Waals surface area contributed by atoms with Crippen molar-refractivity contribution >= 4 is 28.6 Å². The second kappa shape index (κ2) is 5.83. The summed E-state index contributed by atoms with van der Waals surface area (Å²) in [7, 11) is 1.69. The van der Waals surface area contributed by atoms with Crippen LogP contribution >= 0.6 is 0 Å². The number of benzene rings is 2. The van der Waals surface area contributed by atoms with Gasteiger partial charge >= 0.3 is 0 Å². The first-order valence-electron chi connectivity index (χ1n) is 8.21. The maximum Gasteiger partial charge on any atom is 0.263 e. The SMILES string of the molecule is CN1C(=O)[C@](O)(C/C=C/c2cnc3ccccc3c2)c2ccccc21. The third-order valence-corrected chi connectivity index (χ3v) is 4.70. The van der Waals surface area contributed by atoms with Gasteiger partial charge in [0.05, 0.1) is 11.2 Å². The molecule has 4 heteroatoms. The summed E-state index contributed by atoms with van der Waals surface area (Å²) in [5.74, 6) is -0.296. The van der Waals surface area contributed by atoms with Crippen LogP contribution in [0.3, 0.4) is 0 Å². The molecule has 1 amide bonds. The topological polar surface area (TPSA) is 53.4 Å². The molecule has 2 heterocycles. The van der Waals surface area contributed by atoms with E-state index >= 15 is 0 Å². The Kier molecular flexibility index (Phi) is 3.62. The third-order valence-electron chi connectivity index (χ3n) is 4.70. The molecule has 1 N–H and O–H groups in total. The monoisotopic (exact) mass is 330 g/mol. The largest absolute Gasteiger partial charge is 0.375 e. The molecule has 0 unspecified atom stereocenters. The molecule has 0 aliphatic carbocycles. The van der Waals surface area contributed by atoms with E-state index in [-0.39, 0.29) is 12.3 Å². The summed E-state index contributed by atoms with van der Waals surface area (Å²) >= 11 is 0. The Morgan fingerprint density at radius 2 is 1.92 bits per heavy atom. The van der Waals surface area contributed by atoms with Crippen molar-refractivity contribution in [1.29, 1.82) is 0 Å². The van der Waals surface area contributed by atoms with Crippen LogP contribution in [0.5, 0.6) is 0 Å². The number of rotatable bonds is 3. The number of pyridine rings is 1. The lowest BCUT2D eigenvalue weighted by Gasteiger charge is -2.20. The Bertz CT molecular complexity index is 996. The summed E-state index contributed by atoms with van der Waals surface area (Å²) in [5.41, 5.74) is 1.79. The molecule has 0 saturated carbocycles. The van der Waals surface area contributed by atoms with Crippen LogP contribution in [0, 0.1) is 0 Å². The van der Waals surface area contributed by atoms with Gasteiger partial charge in [-0.15, -0.1) is 0 Å². The molecule has 3 aromatic rings. The summed E-state index contributed by atoms with van der Waals surface area (Å²) in [4.78, 5) is 18.5. The van der Waals surface area contributed by atoms with Crippen LogP contribution in [0.1, 0.15) is 17.5 Å². The molecular weight excluding hydrogens is 312 g/mol. The first kappa shape index (κ1) is 15.5. The molecule has 0 spiro atoms. The van der Waals surface area contributed by atoms with Crippen molar-refractivity contribution in [3.05, 3.63) is 78.0 Å². The lowest BCUT2D eigenvalue weighted by atomic mass is 9.91. The van der Waals surface area contributed by atoms with Gasteiger partial charge in [-0.3, -0.25) is 9.78 Å². The zero-order valence-electron chi connectivity index (χ0n) is 13.9. The fourth-order valence-corrected chi connectivity index (χ4v) is 3.36. The number of hydrogen-bond acceptors (Lipinski definition) is 3. The van der Waals surface area contributed by atoms with Crippen LogP contribution < -0.4 is 4.90 Å². The number of para-hydroxylation sites is 2. The predicted octanol–water partition coefficient (Wildman–Crippen LogP) is 3.50. The number of carbonyl (C=O) groups is 1. The van der Waals surface area contributed by atoms with E-state index in [1.165, 1.54) is 4.90 Å². The highest BCUT2D eigenvalue weighted by Gasteiger charge is 2.47. The highest BCUT2D eigenvalue weighted by molar-refractivity contribution is 6.06. The van der Waals surface area contributed by atoms with Crippen LogP contribution in [0.25, 0.3) is 17.0 Å². The zero-order valence-corrected chi connectivity index (χ0v) is 13.9. The Morgan fingerprint density at radius 1 is 1.16 bits per heavy atom. The molecule has 124 valence electrons. The number of aromatic nitrogens is 1. The molecule has 0 bridgehead atoms. The molecule has 1 aromatic heterocycles. The molecule has 2 aromatic carbocycles. The molecule has 1 atom stereocenters. The minimum atomic E-state index is -1.51. The Balaban J connectivity index is 1.61. The van der Waals surface area contributed by atoms with Gasteiger partial charge in [-0.25, -0.2) is 0 Å². The first-order valence-corrected chi connectivity index (χ1v) is 8.21. The first-order chi connectivity index (χ1) is 12.1. The lowest BCUT2D eigenvalue weighted by molar-refractivity contribution is -0.135. The quantitative estimate of drug-likeness (QED) is 0.800. The van der Waals surface area contributed by atoms with Gasteiger partial charge in [0.2, 0.25) is 0 Å². The molecule has 25 heavy (non-hydrogen) atoms. The van der Waals surface area contributed by atoms with Crippen LogP contribution in [0.15, 0.2) is 66.9 Å². The van der Waals surface area contributed by atoms with E-state index < -0.39 is 5.60 Å². The average molecular weight is 330 g/mol. The van der Waals surface area contributed by atoms with Gasteiger partial charge in [0, 0.05) is 30.6 Å². The zero-order chi connectivity index (χ0) is 17.4. The van der Waals surface area contributed by atoms with Crippen molar-refractivity contribution in [2.45, 2.75) is 12.0 Å². The summed E-state index contributed by atoms with van der Waals surface area (Å²) < 4.78 is 0. The number of fused-ring (bicyclic) bond motifs is 2. The summed E-state index contributed by atoms with van der Waals surface area (Å²) in [6, 6.07) is 17.3. The smallest absolute Gasteiger partial charge is 0.263 e. The molecule has 0 saturated heterocycles. The van der Waals surface area contributed by atoms with Crippen molar-refractivity contribution in [3.8, 4) is 0 Å². The van der Waals surface area contributed by atoms with Crippen molar-refractivity contribution in [2.24, 2.45) is 0 Å². The van der Waals surface area contributed by atoms with Gasteiger partial charge in [0.1, 0.15) is 0 Å². The van der Waals surface area contributed by atoms with Gasteiger partial charge in [-0.2, -0.15) is 0 Å². The molecule has 4 rings (SSSR count). The summed E-state index contributed by atoms with van der Waals surface area (Å²) in [6.45, 7) is 0. The number of anilines is 1. The number of nitrogens with zero attached hydrogens (tertiary/aromatic N) is 2. The molecule has 0 radical (unpaired) electrons. The van der Waals surface area contributed by atoms with E-state index in [1.54, 1.807) is 13.2 Å². The number of carbonyl (C=O) groups excluding carboxylic acids is 1. The molecule has 4 nitrogen and oxygen atoms in total. The van der Waals surface area contributed by atoms with Gasteiger partial charge in [-0.05, 0) is 23.8 Å². The van der Waals surface area contributed by atoms with Crippen molar-refractivity contribution < 1.29 is 9.90 Å². The average Bonchev–Trinajstić information content (AvgIpc) is 2.84. The van der Waals surface area contributed by atoms with Crippen molar-refractivity contribution in [3.63, 3.8) is 0 Å². The van der Waals surface area contributed by atoms with Crippen LogP contribution in [-0.4, -0.2) is 23.0 Å². The molecule has 1 aliphatic rings. The minimum absolute atomic E-state index is 0.222. The normalized spacial score (nSPS) is 19.8. The van der Waals surface area contributed by atoms with E-state index in [2.05, 4.69) is 4.98 Å². The van der Waals surface area contributed by atoms with E-state index in [9.17, 15) is 9.90 Å². The van der Waals surface area contributed by atoms with E-state index in [0.717, 1.165) is 22.2 Å². The van der Waals surface area contributed by atoms with E-state index in [0.29, 0.717) is 5.56 Å². The second-order valence-electron chi connectivity index (χ2n) is 6.31. The van der Waals surface area contributed by atoms with Crippen molar-refractivity contribution in [1.82, 2.24) is 4.98 Å². The lowest BCUT2D eigenvalue weighted by Crippen LogP contribution is -2.38. The van der Waals surface area contributed by atoms with E-state index in [1.807, 2.05) is 66.7 Å². The maximum absolute atomic E-state index is 12.5. The van der Waals surface area contributed by atoms with Gasteiger partial charge in [0.25, 0.3) is 5.91 Å². The van der Waals surface area contributed by atoms with Crippen LogP contribution in [0.4, 0.5) is 5.69 Å². The highest BCUT2D eigenvalue weighted by Crippen LogP contribution is 2.41. The fourth-order valence-electron chi connectivity index (χ4n) is 3.36. The highest BCUT2D eigenvalue weighted by atomic mass is 16.3. The molecule has 1 aliphatic heterocycles. The summed E-state index contributed by atoms with van der Waals surface area (Å²) in [5, 5.41) is 12.0. The second-order valence-corrected chi connectivity index (χ2v) is 6.31. The van der Waals surface area contributed by atoms with Gasteiger partial charge in [0.15, 0.2) is 5.60 Å². The molecule has 0 fully saturated rings. The Morgan fingerprint density at radius 3 is 2.80 bits per heavy atom. The summed E-state index contributed by atoms with van der Waals surface area (Å²) in [6.07, 6.45) is 5.74. The Hall–Kier alpha value is -2.98. The van der Waals surface area contributed by atoms with Crippen LogP contribution in [0.2, 0.25) is 0 Å². The minimum Gasteiger partial charge on any atom is -0.375 e. The number of likely N-dealkylation sites (N-methyl/N-ethyl adjacent to an activating group) is 1. The van der Waals surface area contributed by atoms with Gasteiger partial charge < -0.3 is 10.0 Å². The van der Waals surface area contributed by atoms with Gasteiger partial charge in [-0.1, -0.05) is 48.6 Å². The standard InChI is InChI=1S/C21H18N2O2/c1-23-19-11-5-3-9-17(19)21(25,20(23)24)12-6-7-15-13-16-8-2-4-10-18(16)22-14-15/h2-11,13-14,25H,12H2,1H3/b7-6+/t21-/m0/s1. The fraction of sp³-hybridized carbons (Fsp3) is 0.143. The Labute approximate surface area is 146 Å². The van der Waals surface area contributed by atoms with Crippen LogP contribution in [-0.2, 0) is 10.4 Å².